The van der Waals surface area contributed by atoms with Gasteiger partial charge in [-0.2, -0.15) is 20.5 Å². The van der Waals surface area contributed by atoms with Gasteiger partial charge >= 0.3 is 0 Å². The summed E-state index contributed by atoms with van der Waals surface area (Å²) in [4.78, 5) is 0. The Hall–Kier alpha value is -6.68. The van der Waals surface area contributed by atoms with Crippen LogP contribution in [0.5, 0.6) is 34.5 Å². The van der Waals surface area contributed by atoms with Gasteiger partial charge in [0.2, 0.25) is 0 Å². The number of hydrogen-bond donors (Lipinski definition) is 0. The zero-order valence-corrected chi connectivity index (χ0v) is 38.1. The Morgan fingerprint density at radius 1 is 0.359 bits per heavy atom. The molecule has 1 aliphatic carbocycles. The molecule has 0 heterocycles. The van der Waals surface area contributed by atoms with E-state index >= 15 is 0 Å². The first-order valence-electron chi connectivity index (χ1n) is 22.6. The number of para-hydroxylation sites is 2. The lowest BCUT2D eigenvalue weighted by Gasteiger charge is -2.23. The zero-order valence-electron chi connectivity index (χ0n) is 38.1. The maximum absolute atomic E-state index is 6.80. The molecule has 10 nitrogen and oxygen atoms in total. The van der Waals surface area contributed by atoms with Crippen molar-refractivity contribution in [3.8, 4) is 34.5 Å². The second-order valence-corrected chi connectivity index (χ2v) is 15.8. The summed E-state index contributed by atoms with van der Waals surface area (Å²) >= 11 is 0. The van der Waals surface area contributed by atoms with Gasteiger partial charge in [0.05, 0.1) is 63.4 Å². The Kier molecular flexibility index (Phi) is 16.0. The first-order chi connectivity index (χ1) is 31.5. The van der Waals surface area contributed by atoms with E-state index in [1.807, 2.05) is 48.5 Å². The second-order valence-electron chi connectivity index (χ2n) is 15.8. The van der Waals surface area contributed by atoms with Crippen molar-refractivity contribution in [3.05, 3.63) is 154 Å². The normalized spacial score (nSPS) is 12.3. The third-order valence-corrected chi connectivity index (χ3v) is 11.0. The van der Waals surface area contributed by atoms with E-state index in [0.717, 1.165) is 127 Å². The summed E-state index contributed by atoms with van der Waals surface area (Å²) in [5, 5.41) is 19.2. The van der Waals surface area contributed by atoms with E-state index in [2.05, 4.69) is 88.4 Å². The van der Waals surface area contributed by atoms with Crippen LogP contribution in [0.2, 0.25) is 0 Å². The fourth-order valence-corrected chi connectivity index (χ4v) is 7.83. The van der Waals surface area contributed by atoms with Crippen LogP contribution in [0.4, 0.5) is 22.7 Å². The van der Waals surface area contributed by atoms with E-state index in [0.29, 0.717) is 52.1 Å². The summed E-state index contributed by atoms with van der Waals surface area (Å²) in [7, 11) is 3.31. The van der Waals surface area contributed by atoms with Crippen LogP contribution in [0.25, 0.3) is 0 Å². The van der Waals surface area contributed by atoms with E-state index in [1.54, 1.807) is 14.2 Å². The molecule has 0 saturated carbocycles. The van der Waals surface area contributed by atoms with Gasteiger partial charge < -0.3 is 28.4 Å². The molecule has 332 valence electrons. The molecule has 0 amide bonds. The lowest BCUT2D eigenvalue weighted by Crippen LogP contribution is -2.10. The molecule has 0 unspecified atom stereocenters. The molecule has 0 radical (unpaired) electrons. The molecule has 0 saturated heterocycles. The van der Waals surface area contributed by atoms with Crippen LogP contribution in [-0.2, 0) is 25.7 Å². The third-order valence-electron chi connectivity index (χ3n) is 11.0. The number of methoxy groups -OCH3 is 2. The minimum Gasteiger partial charge on any atom is -0.497 e. The summed E-state index contributed by atoms with van der Waals surface area (Å²) < 4.78 is 37.9. The molecule has 8 bridgehead atoms. The van der Waals surface area contributed by atoms with Crippen molar-refractivity contribution in [2.75, 3.05) is 40.6 Å². The fraction of sp³-hybridized carbons (Fsp3) is 0.333. The van der Waals surface area contributed by atoms with Crippen molar-refractivity contribution in [3.63, 3.8) is 0 Å². The van der Waals surface area contributed by atoms with Crippen molar-refractivity contribution in [2.45, 2.75) is 79.1 Å². The number of ether oxygens (including phenoxy) is 6. The van der Waals surface area contributed by atoms with Gasteiger partial charge in [0.25, 0.3) is 0 Å². The summed E-state index contributed by atoms with van der Waals surface area (Å²) in [6, 6.07) is 36.4. The van der Waals surface area contributed by atoms with E-state index < -0.39 is 0 Å². The first kappa shape index (κ1) is 45.3. The highest BCUT2D eigenvalue weighted by Crippen LogP contribution is 2.44. The highest BCUT2D eigenvalue weighted by Gasteiger charge is 2.25. The van der Waals surface area contributed by atoms with Gasteiger partial charge in [0.15, 0.2) is 0 Å². The molecule has 0 atom stereocenters. The number of hydrogen-bond acceptors (Lipinski definition) is 10. The molecule has 64 heavy (non-hydrogen) atoms. The van der Waals surface area contributed by atoms with Crippen molar-refractivity contribution < 1.29 is 28.4 Å². The molecule has 6 aromatic carbocycles. The number of azo groups is 2. The summed E-state index contributed by atoms with van der Waals surface area (Å²) in [5.41, 5.74) is 11.0. The lowest BCUT2D eigenvalue weighted by atomic mass is 9.90. The Bertz CT molecular complexity index is 2360. The standard InChI is InChI=1S/C54H60N4O6/c1-7-29-61-51-37-13-11-15-39(51)35-47-49(57-55-43-19-23-45(59-5)24-20-43)28-18-42(54(47)64-32-10-4)34-38-14-12-16-40(52(38)62-30-8-2)36-48-50(27-17-41(33-37)53(48)63-31-9-3)58-56-44-21-25-46(60-6)26-22-44/h11-28H,7-10,29-36H2,1-6H3. The molecule has 7 rings (SSSR count). The SMILES string of the molecule is CCCOc1c2cccc1Cc1c(N=Nc3ccc(OC)cc3)ccc(c1OCCC)Cc1cccc(c1OCCC)Cc1c(N=Nc3ccc(OC)cc3)ccc(c1OCCC)C2. The van der Waals surface area contributed by atoms with Crippen LogP contribution in [0.3, 0.4) is 0 Å². The maximum Gasteiger partial charge on any atom is 0.128 e. The average molecular weight is 861 g/mol. The number of benzene rings is 6. The summed E-state index contributed by atoms with van der Waals surface area (Å²) in [6.45, 7) is 10.7. The molecule has 1 aliphatic rings. The molecule has 0 aliphatic heterocycles. The van der Waals surface area contributed by atoms with Crippen LogP contribution in [0.15, 0.2) is 130 Å². The molecular formula is C54H60N4O6. The van der Waals surface area contributed by atoms with E-state index in [-0.39, 0.29) is 0 Å². The smallest absolute Gasteiger partial charge is 0.128 e. The number of fused-ring (bicyclic) bond motifs is 8. The van der Waals surface area contributed by atoms with Gasteiger partial charge in [-0.15, -0.1) is 0 Å². The Labute approximate surface area is 378 Å². The van der Waals surface area contributed by atoms with E-state index in [9.17, 15) is 0 Å². The monoisotopic (exact) mass is 860 g/mol. The number of nitrogens with zero attached hydrogens (tertiary/aromatic N) is 4. The van der Waals surface area contributed by atoms with Gasteiger partial charge in [0.1, 0.15) is 34.5 Å². The Morgan fingerprint density at radius 2 is 0.688 bits per heavy atom. The third kappa shape index (κ3) is 11.1. The van der Waals surface area contributed by atoms with Crippen LogP contribution in [0.1, 0.15) is 97.9 Å². The Balaban J connectivity index is 1.46. The quantitative estimate of drug-likeness (QED) is 0.0796. The lowest BCUT2D eigenvalue weighted by molar-refractivity contribution is 0.305. The molecule has 0 spiro atoms. The molecule has 6 aromatic rings. The first-order valence-corrected chi connectivity index (χ1v) is 22.6. The number of rotatable bonds is 18. The zero-order chi connectivity index (χ0) is 44.7. The highest BCUT2D eigenvalue weighted by atomic mass is 16.5. The van der Waals surface area contributed by atoms with Crippen LogP contribution < -0.4 is 28.4 Å². The predicted molar refractivity (Wildman–Crippen MR) is 254 cm³/mol. The second kappa shape index (κ2) is 22.6. The van der Waals surface area contributed by atoms with Crippen molar-refractivity contribution >= 4 is 22.7 Å². The van der Waals surface area contributed by atoms with Crippen molar-refractivity contribution in [2.24, 2.45) is 20.5 Å². The van der Waals surface area contributed by atoms with Gasteiger partial charge in [-0.1, -0.05) is 76.2 Å². The van der Waals surface area contributed by atoms with E-state index in [1.165, 1.54) is 0 Å². The van der Waals surface area contributed by atoms with Gasteiger partial charge in [-0.25, -0.2) is 0 Å². The Morgan fingerprint density at radius 3 is 1.03 bits per heavy atom. The largest absolute Gasteiger partial charge is 0.497 e. The highest BCUT2D eigenvalue weighted by molar-refractivity contribution is 5.65. The van der Waals surface area contributed by atoms with Crippen LogP contribution in [-0.4, -0.2) is 40.6 Å². The average Bonchev–Trinajstić information content (AvgIpc) is 3.32. The fourth-order valence-electron chi connectivity index (χ4n) is 7.83. The van der Waals surface area contributed by atoms with Gasteiger partial charge in [0, 0.05) is 36.8 Å². The topological polar surface area (TPSA) is 105 Å². The van der Waals surface area contributed by atoms with Gasteiger partial charge in [-0.05, 0) is 120 Å². The van der Waals surface area contributed by atoms with Crippen LogP contribution in [0, 0.1) is 0 Å². The summed E-state index contributed by atoms with van der Waals surface area (Å²) in [5.74, 6) is 4.84. The van der Waals surface area contributed by atoms with Crippen molar-refractivity contribution in [1.82, 2.24) is 0 Å². The van der Waals surface area contributed by atoms with E-state index in [4.69, 9.17) is 48.9 Å². The minimum atomic E-state index is 0.505. The molecule has 0 fully saturated rings. The molecule has 0 aromatic heterocycles. The predicted octanol–water partition coefficient (Wildman–Crippen LogP) is 14.4. The maximum atomic E-state index is 6.80. The van der Waals surface area contributed by atoms with Crippen LogP contribution >= 0.6 is 0 Å². The summed E-state index contributed by atoms with van der Waals surface area (Å²) in [6.07, 6.45) is 5.55. The minimum absolute atomic E-state index is 0.505. The molecule has 0 N–H and O–H groups in total. The molecular weight excluding hydrogens is 801 g/mol. The van der Waals surface area contributed by atoms with Gasteiger partial charge in [-0.3, -0.25) is 0 Å². The van der Waals surface area contributed by atoms with Crippen molar-refractivity contribution in [1.29, 1.82) is 0 Å². The molecule has 10 heteroatoms.